The Balaban J connectivity index is 2.14. The highest BCUT2D eigenvalue weighted by molar-refractivity contribution is 5.94. The van der Waals surface area contributed by atoms with Gasteiger partial charge in [-0.25, -0.2) is 9.78 Å². The number of carbonyl (C=O) groups excluding carboxylic acids is 1. The summed E-state index contributed by atoms with van der Waals surface area (Å²) in [6, 6.07) is 3.39. The molecule has 1 N–H and O–H groups in total. The van der Waals surface area contributed by atoms with Crippen molar-refractivity contribution in [3.05, 3.63) is 23.9 Å². The van der Waals surface area contributed by atoms with E-state index in [4.69, 9.17) is 9.84 Å². The van der Waals surface area contributed by atoms with Gasteiger partial charge in [-0.1, -0.05) is 0 Å². The van der Waals surface area contributed by atoms with E-state index in [2.05, 4.69) is 4.98 Å². The van der Waals surface area contributed by atoms with Gasteiger partial charge in [-0.3, -0.25) is 4.79 Å². The SMILES string of the molecule is CC(C)OC(=O)c1cccnc1N1CCC(C(=O)O)CC1. The highest BCUT2D eigenvalue weighted by Gasteiger charge is 2.27. The van der Waals surface area contributed by atoms with Crippen molar-refractivity contribution >= 4 is 17.8 Å². The number of hydrogen-bond acceptors (Lipinski definition) is 5. The van der Waals surface area contributed by atoms with Gasteiger partial charge in [-0.15, -0.1) is 0 Å². The third-order valence-electron chi connectivity index (χ3n) is 3.49. The fraction of sp³-hybridized carbons (Fsp3) is 0.533. The number of carbonyl (C=O) groups is 2. The van der Waals surface area contributed by atoms with Crippen molar-refractivity contribution in [3.8, 4) is 0 Å². The second kappa shape index (κ2) is 6.56. The minimum atomic E-state index is -0.755. The Morgan fingerprint density at radius 2 is 2.05 bits per heavy atom. The predicted octanol–water partition coefficient (Wildman–Crippen LogP) is 1.95. The number of rotatable bonds is 4. The fourth-order valence-corrected chi connectivity index (χ4v) is 2.42. The molecule has 0 amide bonds. The number of esters is 1. The number of nitrogens with zero attached hydrogens (tertiary/aromatic N) is 2. The summed E-state index contributed by atoms with van der Waals surface area (Å²) in [6.45, 7) is 4.75. The molecule has 6 heteroatoms. The van der Waals surface area contributed by atoms with Gasteiger partial charge in [0, 0.05) is 19.3 Å². The van der Waals surface area contributed by atoms with Crippen molar-refractivity contribution in [2.24, 2.45) is 5.92 Å². The summed E-state index contributed by atoms with van der Waals surface area (Å²) < 4.78 is 5.23. The lowest BCUT2D eigenvalue weighted by molar-refractivity contribution is -0.142. The number of aromatic nitrogens is 1. The normalized spacial score (nSPS) is 16.0. The van der Waals surface area contributed by atoms with Crippen molar-refractivity contribution in [2.75, 3.05) is 18.0 Å². The largest absolute Gasteiger partial charge is 0.481 e. The zero-order chi connectivity index (χ0) is 15.4. The molecule has 0 unspecified atom stereocenters. The van der Waals surface area contributed by atoms with Crippen LogP contribution in [0.25, 0.3) is 0 Å². The number of ether oxygens (including phenoxy) is 1. The summed E-state index contributed by atoms with van der Waals surface area (Å²) in [7, 11) is 0. The Kier molecular flexibility index (Phi) is 4.77. The Morgan fingerprint density at radius 1 is 1.38 bits per heavy atom. The van der Waals surface area contributed by atoms with Crippen LogP contribution >= 0.6 is 0 Å². The molecule has 1 fully saturated rings. The standard InChI is InChI=1S/C15H20N2O4/c1-10(2)21-15(20)12-4-3-7-16-13(12)17-8-5-11(6-9-17)14(18)19/h3-4,7,10-11H,5-6,8-9H2,1-2H3,(H,18,19). The molecule has 1 aromatic rings. The van der Waals surface area contributed by atoms with Gasteiger partial charge in [0.2, 0.25) is 0 Å². The van der Waals surface area contributed by atoms with Gasteiger partial charge in [0.05, 0.1) is 12.0 Å². The number of pyridine rings is 1. The Labute approximate surface area is 123 Å². The molecule has 1 aliphatic heterocycles. The first-order valence-electron chi connectivity index (χ1n) is 7.12. The van der Waals surface area contributed by atoms with Crippen LogP contribution in [0.3, 0.4) is 0 Å². The van der Waals surface area contributed by atoms with Crippen molar-refractivity contribution < 1.29 is 19.4 Å². The molecule has 0 aromatic carbocycles. The van der Waals surface area contributed by atoms with E-state index in [-0.39, 0.29) is 12.0 Å². The molecule has 0 radical (unpaired) electrons. The fourth-order valence-electron chi connectivity index (χ4n) is 2.42. The first-order valence-corrected chi connectivity index (χ1v) is 7.12. The van der Waals surface area contributed by atoms with Crippen molar-refractivity contribution in [2.45, 2.75) is 32.8 Å². The van der Waals surface area contributed by atoms with Crippen molar-refractivity contribution in [1.29, 1.82) is 0 Å². The zero-order valence-electron chi connectivity index (χ0n) is 12.3. The molecule has 0 spiro atoms. The minimum Gasteiger partial charge on any atom is -0.481 e. The van der Waals surface area contributed by atoms with Crippen LogP contribution in [0.5, 0.6) is 0 Å². The minimum absolute atomic E-state index is 0.191. The van der Waals surface area contributed by atoms with E-state index in [1.165, 1.54) is 0 Å². The van der Waals surface area contributed by atoms with Crippen LogP contribution in [-0.4, -0.2) is 41.2 Å². The molecular weight excluding hydrogens is 272 g/mol. The third kappa shape index (κ3) is 3.71. The smallest absolute Gasteiger partial charge is 0.342 e. The second-order valence-corrected chi connectivity index (χ2v) is 5.43. The quantitative estimate of drug-likeness (QED) is 0.854. The van der Waals surface area contributed by atoms with Gasteiger partial charge in [-0.05, 0) is 38.8 Å². The van der Waals surface area contributed by atoms with Gasteiger partial charge in [-0.2, -0.15) is 0 Å². The monoisotopic (exact) mass is 292 g/mol. The summed E-state index contributed by atoms with van der Waals surface area (Å²) in [5, 5.41) is 9.03. The molecule has 0 aliphatic carbocycles. The molecule has 1 aromatic heterocycles. The molecule has 1 saturated heterocycles. The molecule has 114 valence electrons. The number of anilines is 1. The van der Waals surface area contributed by atoms with Crippen LogP contribution in [0.1, 0.15) is 37.0 Å². The summed E-state index contributed by atoms with van der Waals surface area (Å²) >= 11 is 0. The van der Waals surface area contributed by atoms with E-state index in [0.717, 1.165) is 0 Å². The number of piperidine rings is 1. The number of hydrogen-bond donors (Lipinski definition) is 1. The summed E-state index contributed by atoms with van der Waals surface area (Å²) in [5.74, 6) is -0.883. The van der Waals surface area contributed by atoms with E-state index >= 15 is 0 Å². The van der Waals surface area contributed by atoms with E-state index in [1.807, 2.05) is 4.90 Å². The molecule has 21 heavy (non-hydrogen) atoms. The first-order chi connectivity index (χ1) is 9.99. The van der Waals surface area contributed by atoms with Crippen LogP contribution in [0.4, 0.5) is 5.82 Å². The van der Waals surface area contributed by atoms with Crippen LogP contribution < -0.4 is 4.90 Å². The maximum Gasteiger partial charge on any atom is 0.342 e. The lowest BCUT2D eigenvalue weighted by atomic mass is 9.97. The highest BCUT2D eigenvalue weighted by Crippen LogP contribution is 2.25. The van der Waals surface area contributed by atoms with E-state index in [0.29, 0.717) is 37.3 Å². The predicted molar refractivity (Wildman–Crippen MR) is 77.4 cm³/mol. The van der Waals surface area contributed by atoms with Crippen LogP contribution in [0, 0.1) is 5.92 Å². The molecule has 2 rings (SSSR count). The summed E-state index contributed by atoms with van der Waals surface area (Å²) in [4.78, 5) is 29.3. The van der Waals surface area contributed by atoms with Crippen molar-refractivity contribution in [3.63, 3.8) is 0 Å². The van der Waals surface area contributed by atoms with Crippen LogP contribution in [-0.2, 0) is 9.53 Å². The summed E-state index contributed by atoms with van der Waals surface area (Å²) in [5.41, 5.74) is 0.431. The van der Waals surface area contributed by atoms with E-state index in [1.54, 1.807) is 32.2 Å². The highest BCUT2D eigenvalue weighted by atomic mass is 16.5. The van der Waals surface area contributed by atoms with Crippen LogP contribution in [0.2, 0.25) is 0 Å². The third-order valence-corrected chi connectivity index (χ3v) is 3.49. The van der Waals surface area contributed by atoms with Gasteiger partial charge in [0.1, 0.15) is 11.4 Å². The van der Waals surface area contributed by atoms with Gasteiger partial charge < -0.3 is 14.7 Å². The molecule has 1 aliphatic rings. The van der Waals surface area contributed by atoms with E-state index < -0.39 is 11.9 Å². The maximum absolute atomic E-state index is 12.1. The number of carboxylic acids is 1. The second-order valence-electron chi connectivity index (χ2n) is 5.43. The average molecular weight is 292 g/mol. The Bertz CT molecular complexity index is 522. The summed E-state index contributed by atoms with van der Waals surface area (Å²) in [6.07, 6.45) is 2.56. The molecule has 0 bridgehead atoms. The van der Waals surface area contributed by atoms with Gasteiger partial charge in [0.25, 0.3) is 0 Å². The molecular formula is C15H20N2O4. The van der Waals surface area contributed by atoms with Crippen molar-refractivity contribution in [1.82, 2.24) is 4.98 Å². The average Bonchev–Trinajstić information content (AvgIpc) is 2.46. The maximum atomic E-state index is 12.1. The number of aliphatic carboxylic acids is 1. The van der Waals surface area contributed by atoms with E-state index in [9.17, 15) is 9.59 Å². The zero-order valence-corrected chi connectivity index (χ0v) is 12.3. The molecule has 0 atom stereocenters. The van der Waals surface area contributed by atoms with Crippen LogP contribution in [0.15, 0.2) is 18.3 Å². The molecule has 2 heterocycles. The Hall–Kier alpha value is -2.11. The topological polar surface area (TPSA) is 79.7 Å². The lowest BCUT2D eigenvalue weighted by Gasteiger charge is -2.31. The molecule has 6 nitrogen and oxygen atoms in total. The van der Waals surface area contributed by atoms with Gasteiger partial charge >= 0.3 is 11.9 Å². The Morgan fingerprint density at radius 3 is 2.62 bits per heavy atom. The first kappa shape index (κ1) is 15.3. The number of carboxylic acid groups (broad SMARTS) is 1. The van der Waals surface area contributed by atoms with Gasteiger partial charge in [0.15, 0.2) is 0 Å². The molecule has 0 saturated carbocycles. The lowest BCUT2D eigenvalue weighted by Crippen LogP contribution is -2.37.